The summed E-state index contributed by atoms with van der Waals surface area (Å²) >= 11 is 6.23. The molecule has 2 rings (SSSR count). The van der Waals surface area contributed by atoms with E-state index in [0.29, 0.717) is 12.8 Å². The minimum atomic E-state index is -2.72. The molecule has 0 fully saturated rings. The second-order valence-corrected chi connectivity index (χ2v) is 16.3. The highest BCUT2D eigenvalue weighted by molar-refractivity contribution is 6.99. The Kier molecular flexibility index (Phi) is 10.7. The van der Waals surface area contributed by atoms with E-state index in [1.807, 2.05) is 52.0 Å². The van der Waals surface area contributed by atoms with Gasteiger partial charge < -0.3 is 15.5 Å². The van der Waals surface area contributed by atoms with Crippen molar-refractivity contribution in [2.45, 2.75) is 78.5 Å². The molecule has 0 radical (unpaired) electrons. The van der Waals surface area contributed by atoms with E-state index in [1.54, 1.807) is 6.20 Å². The molecule has 6 heteroatoms. The molecule has 2 aromatic rings. The maximum absolute atomic E-state index is 12.4. The van der Waals surface area contributed by atoms with Crippen LogP contribution in [0.25, 0.3) is 0 Å². The van der Waals surface area contributed by atoms with Crippen LogP contribution >= 0.6 is 11.6 Å². The van der Waals surface area contributed by atoms with Crippen LogP contribution in [0.1, 0.15) is 61.3 Å². The number of carbonyl (C=O) groups excluding carboxylic acids is 1. The van der Waals surface area contributed by atoms with Crippen molar-refractivity contribution in [3.8, 4) is 0 Å². The molecular weight excluding hydrogens is 484 g/mol. The van der Waals surface area contributed by atoms with E-state index in [2.05, 4.69) is 74.6 Å². The van der Waals surface area contributed by atoms with Gasteiger partial charge in [-0.15, -0.1) is 0 Å². The van der Waals surface area contributed by atoms with Crippen LogP contribution in [-0.4, -0.2) is 26.4 Å². The number of hydrogen-bond acceptors (Lipinski definition) is 3. The first-order valence-electron chi connectivity index (χ1n) is 12.6. The van der Waals surface area contributed by atoms with Crippen molar-refractivity contribution in [3.05, 3.63) is 84.0 Å². The first-order chi connectivity index (χ1) is 16.8. The number of hydrogen-bond donors (Lipinski definition) is 2. The van der Waals surface area contributed by atoms with E-state index in [4.69, 9.17) is 21.8 Å². The van der Waals surface area contributed by atoms with Gasteiger partial charge in [0.1, 0.15) is 0 Å². The quantitative estimate of drug-likeness (QED) is 0.381. The first-order valence-corrected chi connectivity index (χ1v) is 14.9. The van der Waals surface area contributed by atoms with Gasteiger partial charge in [0.25, 0.3) is 8.32 Å². The van der Waals surface area contributed by atoms with Gasteiger partial charge in [0.15, 0.2) is 0 Å². The highest BCUT2D eigenvalue weighted by Gasteiger charge is 2.51. The number of nitrogens with one attached hydrogen (secondary N) is 1. The number of carbonyl (C=O) groups is 1. The molecule has 0 heterocycles. The molecule has 0 aromatic heterocycles. The molecule has 36 heavy (non-hydrogen) atoms. The summed E-state index contributed by atoms with van der Waals surface area (Å²) in [5.41, 5.74) is 5.78. The van der Waals surface area contributed by atoms with Crippen LogP contribution in [-0.2, 0) is 9.22 Å². The molecule has 3 N–H and O–H groups in total. The summed E-state index contributed by atoms with van der Waals surface area (Å²) in [6.07, 6.45) is 6.80. The Morgan fingerprint density at radius 1 is 0.972 bits per heavy atom. The fourth-order valence-corrected chi connectivity index (χ4v) is 9.07. The monoisotopic (exact) mass is 526 g/mol. The summed E-state index contributed by atoms with van der Waals surface area (Å²) < 4.78 is 7.28. The topological polar surface area (TPSA) is 64.4 Å². The maximum atomic E-state index is 12.4. The summed E-state index contributed by atoms with van der Waals surface area (Å²) in [5, 5.41) is 5.90. The van der Waals surface area contributed by atoms with E-state index >= 15 is 0 Å². The average Bonchev–Trinajstić information content (AvgIpc) is 2.82. The Balaban J connectivity index is 2.43. The predicted molar refractivity (Wildman–Crippen MR) is 156 cm³/mol. The Hall–Kier alpha value is -2.18. The van der Waals surface area contributed by atoms with Crippen molar-refractivity contribution in [1.82, 2.24) is 5.32 Å². The molecule has 4 nitrogen and oxygen atoms in total. The molecule has 0 aliphatic rings. The van der Waals surface area contributed by atoms with Crippen LogP contribution in [0.15, 0.2) is 84.0 Å². The smallest absolute Gasteiger partial charge is 0.261 e. The summed E-state index contributed by atoms with van der Waals surface area (Å²) in [5.74, 6) is -0.195. The van der Waals surface area contributed by atoms with E-state index in [1.165, 1.54) is 10.4 Å². The SMILES string of the molecule is CC(Cl)=CC[C@@H](CC=CNC(=O)[C@@H](N)C(C)(C)C)O[Si](c1ccccc1)(c1ccccc1)C(C)(C)C. The molecule has 2 aromatic carbocycles. The van der Waals surface area contributed by atoms with Gasteiger partial charge in [-0.3, -0.25) is 4.79 Å². The molecule has 0 aliphatic heterocycles. The third kappa shape index (κ3) is 7.91. The first kappa shape index (κ1) is 30.0. The lowest BCUT2D eigenvalue weighted by Gasteiger charge is -2.45. The third-order valence-corrected chi connectivity index (χ3v) is 11.6. The fraction of sp³-hybridized carbons (Fsp3) is 0.433. The molecule has 1 amide bonds. The fourth-order valence-electron chi connectivity index (χ4n) is 4.27. The minimum Gasteiger partial charge on any atom is -0.404 e. The standard InChI is InChI=1S/C30H43ClN2O2Si/c1-23(31)20-21-24(15-14-22-33-28(34)27(32)29(2,3)4)35-36(30(5,6)7,25-16-10-8-11-17-25)26-18-12-9-13-19-26/h8-14,16-20,22,24,27H,15,21,32H2,1-7H3,(H,33,34)/t24-,27-/m1/s1. The molecule has 0 spiro atoms. The van der Waals surface area contributed by atoms with Crippen LogP contribution in [0.3, 0.4) is 0 Å². The number of amides is 1. The van der Waals surface area contributed by atoms with Crippen molar-refractivity contribution < 1.29 is 9.22 Å². The number of allylic oxidation sites excluding steroid dienone is 1. The molecule has 0 aliphatic carbocycles. The second-order valence-electron chi connectivity index (χ2n) is 11.4. The Bertz CT molecular complexity index is 981. The molecule has 0 unspecified atom stereocenters. The Morgan fingerprint density at radius 3 is 1.89 bits per heavy atom. The zero-order chi connectivity index (χ0) is 27.0. The van der Waals surface area contributed by atoms with Crippen molar-refractivity contribution >= 4 is 36.2 Å². The largest absolute Gasteiger partial charge is 0.404 e. The van der Waals surface area contributed by atoms with Crippen molar-refractivity contribution in [1.29, 1.82) is 0 Å². The maximum Gasteiger partial charge on any atom is 0.261 e. The minimum absolute atomic E-state index is 0.130. The van der Waals surface area contributed by atoms with E-state index in [0.717, 1.165) is 5.03 Å². The van der Waals surface area contributed by atoms with Crippen LogP contribution < -0.4 is 21.4 Å². The van der Waals surface area contributed by atoms with E-state index in [-0.39, 0.29) is 22.5 Å². The van der Waals surface area contributed by atoms with Gasteiger partial charge in [-0.2, -0.15) is 0 Å². The average molecular weight is 527 g/mol. The van der Waals surface area contributed by atoms with Crippen molar-refractivity contribution in [3.63, 3.8) is 0 Å². The molecule has 0 bridgehead atoms. The van der Waals surface area contributed by atoms with Crippen LogP contribution in [0, 0.1) is 5.41 Å². The van der Waals surface area contributed by atoms with Crippen LogP contribution in [0.4, 0.5) is 0 Å². The molecular formula is C30H43ClN2O2Si. The van der Waals surface area contributed by atoms with E-state index < -0.39 is 14.4 Å². The number of halogens is 1. The van der Waals surface area contributed by atoms with Gasteiger partial charge in [-0.25, -0.2) is 0 Å². The lowest BCUT2D eigenvalue weighted by molar-refractivity contribution is -0.123. The Morgan fingerprint density at radius 2 is 1.47 bits per heavy atom. The van der Waals surface area contributed by atoms with Crippen molar-refractivity contribution in [2.24, 2.45) is 11.1 Å². The lowest BCUT2D eigenvalue weighted by atomic mass is 9.87. The summed E-state index contributed by atoms with van der Waals surface area (Å²) in [4.78, 5) is 12.4. The van der Waals surface area contributed by atoms with Gasteiger partial charge in [0, 0.05) is 5.03 Å². The van der Waals surface area contributed by atoms with Gasteiger partial charge in [0.05, 0.1) is 12.1 Å². The van der Waals surface area contributed by atoms with Gasteiger partial charge >= 0.3 is 0 Å². The Labute approximate surface area is 224 Å². The molecule has 0 saturated carbocycles. The van der Waals surface area contributed by atoms with Crippen molar-refractivity contribution in [2.75, 3.05) is 0 Å². The third-order valence-electron chi connectivity index (χ3n) is 6.38. The normalized spacial score (nSPS) is 15.1. The summed E-state index contributed by atoms with van der Waals surface area (Å²) in [7, 11) is -2.72. The molecule has 0 saturated heterocycles. The number of nitrogens with two attached hydrogens (primary N) is 1. The zero-order valence-electron chi connectivity index (χ0n) is 22.8. The summed E-state index contributed by atoms with van der Waals surface area (Å²) in [6.45, 7) is 14.5. The lowest BCUT2D eigenvalue weighted by Crippen LogP contribution is -2.67. The predicted octanol–water partition coefficient (Wildman–Crippen LogP) is 5.86. The highest BCUT2D eigenvalue weighted by Crippen LogP contribution is 2.38. The van der Waals surface area contributed by atoms with Gasteiger partial charge in [-0.05, 0) is 46.8 Å². The summed E-state index contributed by atoms with van der Waals surface area (Å²) in [6, 6.07) is 20.6. The van der Waals surface area contributed by atoms with Gasteiger partial charge in [0.2, 0.25) is 5.91 Å². The zero-order valence-corrected chi connectivity index (χ0v) is 24.6. The van der Waals surface area contributed by atoms with E-state index in [9.17, 15) is 4.79 Å². The number of benzene rings is 2. The van der Waals surface area contributed by atoms with Crippen LogP contribution in [0.2, 0.25) is 5.04 Å². The second kappa shape index (κ2) is 12.9. The number of rotatable bonds is 10. The highest BCUT2D eigenvalue weighted by atomic mass is 35.5. The van der Waals surface area contributed by atoms with Crippen LogP contribution in [0.5, 0.6) is 0 Å². The molecule has 2 atom stereocenters. The molecule has 196 valence electrons. The van der Waals surface area contributed by atoms with Gasteiger partial charge in [-0.1, -0.05) is 126 Å².